The fraction of sp³-hybridized carbons (Fsp3) is 0.818. The van der Waals surface area contributed by atoms with Gasteiger partial charge in [-0.05, 0) is 26.7 Å². The van der Waals surface area contributed by atoms with Crippen LogP contribution in [-0.2, 0) is 9.59 Å². The molecule has 2 unspecified atom stereocenters. The average molecular weight is 228 g/mol. The van der Waals surface area contributed by atoms with Gasteiger partial charge in [-0.15, -0.1) is 0 Å². The Hall–Kier alpha value is -1.10. The Morgan fingerprint density at radius 1 is 1.44 bits per heavy atom. The molecule has 2 atom stereocenters. The number of carboxylic acid groups (broad SMARTS) is 1. The summed E-state index contributed by atoms with van der Waals surface area (Å²) >= 11 is 0. The second kappa shape index (κ2) is 4.82. The third-order valence-electron chi connectivity index (χ3n) is 2.80. The van der Waals surface area contributed by atoms with E-state index in [1.54, 1.807) is 13.8 Å². The lowest BCUT2D eigenvalue weighted by atomic mass is 10.00. The van der Waals surface area contributed by atoms with E-state index in [-0.39, 0.29) is 18.4 Å². The van der Waals surface area contributed by atoms with Crippen LogP contribution in [0.4, 0.5) is 0 Å². The van der Waals surface area contributed by atoms with Crippen LogP contribution in [0.3, 0.4) is 0 Å². The van der Waals surface area contributed by atoms with Crippen LogP contribution in [-0.4, -0.2) is 28.6 Å². The molecule has 0 spiro atoms. The molecule has 0 radical (unpaired) electrons. The highest BCUT2D eigenvalue weighted by Crippen LogP contribution is 2.26. The van der Waals surface area contributed by atoms with Gasteiger partial charge in [0.15, 0.2) is 0 Å². The summed E-state index contributed by atoms with van der Waals surface area (Å²) in [6.07, 6.45) is 2.46. The molecule has 1 aliphatic carbocycles. The number of carbonyl (C=O) groups excluding carboxylic acids is 1. The Morgan fingerprint density at radius 3 is 2.56 bits per heavy atom. The zero-order valence-electron chi connectivity index (χ0n) is 9.82. The minimum atomic E-state index is -0.824. The largest absolute Gasteiger partial charge is 0.481 e. The molecule has 0 heterocycles. The predicted molar refractivity (Wildman–Crippen MR) is 59.8 cm³/mol. The number of carbonyl (C=O) groups is 2. The molecule has 0 aromatic heterocycles. The van der Waals surface area contributed by atoms with Gasteiger partial charge in [-0.1, -0.05) is 6.42 Å². The number of nitrogens with one attached hydrogen (secondary N) is 1. The van der Waals surface area contributed by atoms with E-state index in [0.717, 1.165) is 12.8 Å². The van der Waals surface area contributed by atoms with Gasteiger partial charge >= 0.3 is 5.97 Å². The van der Waals surface area contributed by atoms with Gasteiger partial charge in [0.1, 0.15) is 0 Å². The maximum atomic E-state index is 11.6. The van der Waals surface area contributed by atoms with Crippen LogP contribution in [0.1, 0.15) is 39.5 Å². The van der Waals surface area contributed by atoms with Gasteiger partial charge in [-0.25, -0.2) is 0 Å². The highest BCUT2D eigenvalue weighted by molar-refractivity contribution is 5.79. The number of carboxylic acids is 1. The first-order chi connectivity index (χ1) is 7.29. The van der Waals surface area contributed by atoms with Crippen LogP contribution in [0.25, 0.3) is 0 Å². The predicted octanol–water partition coefficient (Wildman–Crippen LogP) is 0.483. The molecule has 1 saturated carbocycles. The van der Waals surface area contributed by atoms with Crippen molar-refractivity contribution in [3.05, 3.63) is 0 Å². The number of hydrogen-bond acceptors (Lipinski definition) is 3. The summed E-state index contributed by atoms with van der Waals surface area (Å²) in [6, 6.07) is -0.229. The fourth-order valence-corrected chi connectivity index (χ4v) is 2.10. The van der Waals surface area contributed by atoms with E-state index in [0.29, 0.717) is 6.42 Å². The average Bonchev–Trinajstić information content (AvgIpc) is 2.47. The summed E-state index contributed by atoms with van der Waals surface area (Å²) < 4.78 is 0. The van der Waals surface area contributed by atoms with Gasteiger partial charge in [-0.3, -0.25) is 9.59 Å². The van der Waals surface area contributed by atoms with Gasteiger partial charge in [0.05, 0.1) is 5.92 Å². The molecule has 5 heteroatoms. The lowest BCUT2D eigenvalue weighted by Crippen LogP contribution is -2.45. The first-order valence-corrected chi connectivity index (χ1v) is 5.60. The highest BCUT2D eigenvalue weighted by atomic mass is 16.4. The standard InChI is InChI=1S/C11H20N2O3/c1-11(2,12)6-9(14)13-8-5-3-4-7(8)10(15)16/h7-8H,3-6,12H2,1-2H3,(H,13,14)(H,15,16). The zero-order valence-corrected chi connectivity index (χ0v) is 9.82. The number of hydrogen-bond donors (Lipinski definition) is 3. The zero-order chi connectivity index (χ0) is 12.3. The van der Waals surface area contributed by atoms with Crippen LogP contribution in [0, 0.1) is 5.92 Å². The lowest BCUT2D eigenvalue weighted by molar-refractivity contribution is -0.142. The summed E-state index contributed by atoms with van der Waals surface area (Å²) in [5.74, 6) is -1.43. The van der Waals surface area contributed by atoms with Gasteiger partial charge in [0.2, 0.25) is 5.91 Å². The summed E-state index contributed by atoms with van der Waals surface area (Å²) in [4.78, 5) is 22.5. The fourth-order valence-electron chi connectivity index (χ4n) is 2.10. The SMILES string of the molecule is CC(C)(N)CC(=O)NC1CCCC1C(=O)O. The van der Waals surface area contributed by atoms with Gasteiger partial charge < -0.3 is 16.2 Å². The second-order valence-electron chi connectivity index (χ2n) is 5.21. The van der Waals surface area contributed by atoms with Gasteiger partial charge in [-0.2, -0.15) is 0 Å². The molecule has 5 nitrogen and oxygen atoms in total. The molecule has 0 aliphatic heterocycles. The molecule has 1 amide bonds. The maximum Gasteiger partial charge on any atom is 0.308 e. The van der Waals surface area contributed by atoms with Crippen molar-refractivity contribution in [1.82, 2.24) is 5.32 Å². The van der Waals surface area contributed by atoms with Crippen LogP contribution >= 0.6 is 0 Å². The Balaban J connectivity index is 2.47. The van der Waals surface area contributed by atoms with Crippen molar-refractivity contribution in [1.29, 1.82) is 0 Å². The highest BCUT2D eigenvalue weighted by Gasteiger charge is 2.34. The van der Waals surface area contributed by atoms with Crippen molar-refractivity contribution < 1.29 is 14.7 Å². The quantitative estimate of drug-likeness (QED) is 0.652. The maximum absolute atomic E-state index is 11.6. The van der Waals surface area contributed by atoms with Crippen molar-refractivity contribution in [2.24, 2.45) is 11.7 Å². The molecule has 92 valence electrons. The molecule has 0 aromatic rings. The Morgan fingerprint density at radius 2 is 2.06 bits per heavy atom. The van der Waals surface area contributed by atoms with Crippen LogP contribution < -0.4 is 11.1 Å². The van der Waals surface area contributed by atoms with Crippen molar-refractivity contribution >= 4 is 11.9 Å². The third kappa shape index (κ3) is 3.81. The third-order valence-corrected chi connectivity index (χ3v) is 2.80. The normalized spacial score (nSPS) is 25.4. The van der Waals surface area contributed by atoms with Crippen LogP contribution in [0.2, 0.25) is 0 Å². The number of amides is 1. The van der Waals surface area contributed by atoms with Crippen molar-refractivity contribution in [2.75, 3.05) is 0 Å². The van der Waals surface area contributed by atoms with E-state index in [2.05, 4.69) is 5.32 Å². The Labute approximate surface area is 95.4 Å². The molecule has 4 N–H and O–H groups in total. The minimum Gasteiger partial charge on any atom is -0.481 e. The van der Waals surface area contributed by atoms with E-state index >= 15 is 0 Å². The summed E-state index contributed by atoms with van der Waals surface area (Å²) in [6.45, 7) is 3.55. The van der Waals surface area contributed by atoms with Crippen molar-refractivity contribution in [3.63, 3.8) is 0 Å². The molecule has 1 fully saturated rings. The molecule has 0 bridgehead atoms. The van der Waals surface area contributed by atoms with E-state index in [4.69, 9.17) is 10.8 Å². The molecule has 0 aromatic carbocycles. The monoisotopic (exact) mass is 228 g/mol. The van der Waals surface area contributed by atoms with Crippen molar-refractivity contribution in [2.45, 2.75) is 51.1 Å². The van der Waals surface area contributed by atoms with E-state index in [9.17, 15) is 9.59 Å². The van der Waals surface area contributed by atoms with E-state index in [1.165, 1.54) is 0 Å². The minimum absolute atomic E-state index is 0.161. The van der Waals surface area contributed by atoms with Gasteiger partial charge in [0, 0.05) is 18.0 Å². The molecular formula is C11H20N2O3. The first kappa shape index (κ1) is 13.0. The first-order valence-electron chi connectivity index (χ1n) is 5.60. The molecule has 16 heavy (non-hydrogen) atoms. The number of aliphatic carboxylic acids is 1. The number of nitrogens with two attached hydrogens (primary N) is 1. The lowest BCUT2D eigenvalue weighted by Gasteiger charge is -2.22. The Kier molecular flexibility index (Phi) is 3.91. The van der Waals surface area contributed by atoms with Crippen LogP contribution in [0.15, 0.2) is 0 Å². The van der Waals surface area contributed by atoms with Crippen LogP contribution in [0.5, 0.6) is 0 Å². The molecule has 1 rings (SSSR count). The number of rotatable bonds is 4. The molecular weight excluding hydrogens is 208 g/mol. The van der Waals surface area contributed by atoms with Crippen molar-refractivity contribution in [3.8, 4) is 0 Å². The molecule has 0 saturated heterocycles. The summed E-state index contributed by atoms with van der Waals surface area (Å²) in [5.41, 5.74) is 5.17. The topological polar surface area (TPSA) is 92.4 Å². The van der Waals surface area contributed by atoms with E-state index in [1.807, 2.05) is 0 Å². The summed E-state index contributed by atoms with van der Waals surface area (Å²) in [7, 11) is 0. The smallest absolute Gasteiger partial charge is 0.308 e. The summed E-state index contributed by atoms with van der Waals surface area (Å²) in [5, 5.41) is 11.7. The molecule has 1 aliphatic rings. The van der Waals surface area contributed by atoms with Gasteiger partial charge in [0.25, 0.3) is 0 Å². The Bertz CT molecular complexity index is 283. The second-order valence-corrected chi connectivity index (χ2v) is 5.21. The van der Waals surface area contributed by atoms with E-state index < -0.39 is 17.4 Å².